The molecule has 2 rings (SSSR count). The molecule has 0 fully saturated rings. The highest BCUT2D eigenvalue weighted by molar-refractivity contribution is 5.85. The number of halogens is 2. The average Bonchev–Trinajstić information content (AvgIpc) is 2.39. The summed E-state index contributed by atoms with van der Waals surface area (Å²) in [6.45, 7) is 1.15. The molecule has 0 saturated heterocycles. The summed E-state index contributed by atoms with van der Waals surface area (Å²) in [6, 6.07) is 16.6. The number of nitrogens with two attached hydrogens (primary N) is 2. The fourth-order valence-electron chi connectivity index (χ4n) is 1.76. The lowest BCUT2D eigenvalue weighted by molar-refractivity contribution is 1.07. The van der Waals surface area contributed by atoms with Crippen molar-refractivity contribution in [3.8, 4) is 11.1 Å². The molecule has 0 heterocycles. The molecular formula is C14H18Cl2N2. The standard InChI is InChI=1S/C14H16N2.2ClH/c15-9-11-3-1-5-13(7-11)14-6-2-4-12(8-14)10-16;;/h1-8H,9-10,15-16H2;2*1H. The van der Waals surface area contributed by atoms with Crippen LogP contribution in [0.4, 0.5) is 0 Å². The van der Waals surface area contributed by atoms with E-state index in [1.54, 1.807) is 0 Å². The molecule has 18 heavy (non-hydrogen) atoms. The molecule has 2 aromatic rings. The highest BCUT2D eigenvalue weighted by Crippen LogP contribution is 2.21. The van der Waals surface area contributed by atoms with Crippen molar-refractivity contribution >= 4 is 24.8 Å². The molecular weight excluding hydrogens is 267 g/mol. The van der Waals surface area contributed by atoms with Crippen molar-refractivity contribution in [3.05, 3.63) is 59.7 Å². The van der Waals surface area contributed by atoms with E-state index in [0.717, 1.165) is 11.1 Å². The molecule has 0 unspecified atom stereocenters. The van der Waals surface area contributed by atoms with Crippen LogP contribution in [0.2, 0.25) is 0 Å². The van der Waals surface area contributed by atoms with E-state index in [9.17, 15) is 0 Å². The van der Waals surface area contributed by atoms with E-state index in [0.29, 0.717) is 13.1 Å². The molecule has 4 heteroatoms. The Bertz CT molecular complexity index is 441. The quantitative estimate of drug-likeness (QED) is 0.910. The Kier molecular flexibility index (Phi) is 7.64. The molecule has 0 aliphatic rings. The van der Waals surface area contributed by atoms with Gasteiger partial charge in [-0.25, -0.2) is 0 Å². The van der Waals surface area contributed by atoms with E-state index < -0.39 is 0 Å². The van der Waals surface area contributed by atoms with Gasteiger partial charge in [0.15, 0.2) is 0 Å². The Balaban J connectivity index is 0.00000144. The second-order valence-corrected chi connectivity index (χ2v) is 3.81. The third-order valence-corrected chi connectivity index (χ3v) is 2.66. The zero-order valence-corrected chi connectivity index (χ0v) is 11.6. The van der Waals surface area contributed by atoms with Crippen LogP contribution in [0.3, 0.4) is 0 Å². The highest BCUT2D eigenvalue weighted by Gasteiger charge is 1.99. The summed E-state index contributed by atoms with van der Waals surface area (Å²) < 4.78 is 0. The number of benzene rings is 2. The fraction of sp³-hybridized carbons (Fsp3) is 0.143. The van der Waals surface area contributed by atoms with Crippen LogP contribution in [0.5, 0.6) is 0 Å². The molecule has 0 radical (unpaired) electrons. The van der Waals surface area contributed by atoms with E-state index in [1.165, 1.54) is 11.1 Å². The van der Waals surface area contributed by atoms with Gasteiger partial charge in [-0.3, -0.25) is 0 Å². The van der Waals surface area contributed by atoms with Crippen LogP contribution in [-0.2, 0) is 13.1 Å². The Morgan fingerprint density at radius 3 is 1.39 bits per heavy atom. The van der Waals surface area contributed by atoms with E-state index in [1.807, 2.05) is 24.3 Å². The normalized spacial score (nSPS) is 9.22. The van der Waals surface area contributed by atoms with E-state index in [2.05, 4.69) is 24.3 Å². The van der Waals surface area contributed by atoms with Crippen molar-refractivity contribution in [2.45, 2.75) is 13.1 Å². The van der Waals surface area contributed by atoms with Gasteiger partial charge in [-0.1, -0.05) is 36.4 Å². The van der Waals surface area contributed by atoms with Crippen molar-refractivity contribution in [1.82, 2.24) is 0 Å². The Morgan fingerprint density at radius 2 is 1.06 bits per heavy atom. The second kappa shape index (κ2) is 8.11. The molecule has 0 saturated carbocycles. The highest BCUT2D eigenvalue weighted by atomic mass is 35.5. The molecule has 0 amide bonds. The molecule has 0 aliphatic carbocycles. The Labute approximate surface area is 120 Å². The van der Waals surface area contributed by atoms with Gasteiger partial charge in [-0.05, 0) is 34.4 Å². The lowest BCUT2D eigenvalue weighted by Gasteiger charge is -2.05. The Morgan fingerprint density at radius 1 is 0.667 bits per heavy atom. The lowest BCUT2D eigenvalue weighted by Crippen LogP contribution is -1.97. The van der Waals surface area contributed by atoms with Crippen molar-refractivity contribution in [2.75, 3.05) is 0 Å². The SMILES string of the molecule is Cl.Cl.NCc1cccc(-c2cccc(CN)c2)c1. The van der Waals surface area contributed by atoms with Gasteiger partial charge in [0, 0.05) is 13.1 Å². The van der Waals surface area contributed by atoms with Gasteiger partial charge in [0.05, 0.1) is 0 Å². The third-order valence-electron chi connectivity index (χ3n) is 2.66. The second-order valence-electron chi connectivity index (χ2n) is 3.81. The third kappa shape index (κ3) is 4.00. The molecule has 0 spiro atoms. The van der Waals surface area contributed by atoms with Crippen LogP contribution in [0.15, 0.2) is 48.5 Å². The summed E-state index contributed by atoms with van der Waals surface area (Å²) in [7, 11) is 0. The molecule has 0 atom stereocenters. The van der Waals surface area contributed by atoms with Gasteiger partial charge < -0.3 is 11.5 Å². The van der Waals surface area contributed by atoms with Gasteiger partial charge in [0.25, 0.3) is 0 Å². The summed E-state index contributed by atoms with van der Waals surface area (Å²) in [5, 5.41) is 0. The van der Waals surface area contributed by atoms with Crippen LogP contribution >= 0.6 is 24.8 Å². The van der Waals surface area contributed by atoms with Gasteiger partial charge in [0.1, 0.15) is 0 Å². The molecule has 0 aromatic heterocycles. The Hall–Kier alpha value is -1.06. The summed E-state index contributed by atoms with van der Waals surface area (Å²) >= 11 is 0. The average molecular weight is 285 g/mol. The van der Waals surface area contributed by atoms with Crippen molar-refractivity contribution in [2.24, 2.45) is 11.5 Å². The predicted octanol–water partition coefficient (Wildman–Crippen LogP) is 3.11. The minimum atomic E-state index is 0. The lowest BCUT2D eigenvalue weighted by atomic mass is 10.0. The molecule has 98 valence electrons. The van der Waals surface area contributed by atoms with Gasteiger partial charge in [-0.2, -0.15) is 0 Å². The van der Waals surface area contributed by atoms with E-state index in [-0.39, 0.29) is 24.8 Å². The molecule has 2 nitrogen and oxygen atoms in total. The maximum Gasteiger partial charge on any atom is 0.0178 e. The van der Waals surface area contributed by atoms with Crippen molar-refractivity contribution in [3.63, 3.8) is 0 Å². The van der Waals surface area contributed by atoms with Crippen molar-refractivity contribution < 1.29 is 0 Å². The van der Waals surface area contributed by atoms with Crippen LogP contribution in [0, 0.1) is 0 Å². The molecule has 2 aromatic carbocycles. The molecule has 0 aliphatic heterocycles. The van der Waals surface area contributed by atoms with Crippen LogP contribution in [0.1, 0.15) is 11.1 Å². The first-order valence-electron chi connectivity index (χ1n) is 5.42. The van der Waals surface area contributed by atoms with Crippen LogP contribution < -0.4 is 11.5 Å². The molecule has 0 bridgehead atoms. The summed E-state index contributed by atoms with van der Waals surface area (Å²) in [5.74, 6) is 0. The fourth-order valence-corrected chi connectivity index (χ4v) is 1.76. The van der Waals surface area contributed by atoms with E-state index >= 15 is 0 Å². The first-order valence-corrected chi connectivity index (χ1v) is 5.42. The van der Waals surface area contributed by atoms with Crippen molar-refractivity contribution in [1.29, 1.82) is 0 Å². The summed E-state index contributed by atoms with van der Waals surface area (Å²) in [6.07, 6.45) is 0. The maximum absolute atomic E-state index is 5.63. The smallest absolute Gasteiger partial charge is 0.0178 e. The van der Waals surface area contributed by atoms with Gasteiger partial charge in [0.2, 0.25) is 0 Å². The van der Waals surface area contributed by atoms with Gasteiger partial charge >= 0.3 is 0 Å². The number of hydrogen-bond acceptors (Lipinski definition) is 2. The van der Waals surface area contributed by atoms with Gasteiger partial charge in [-0.15, -0.1) is 24.8 Å². The van der Waals surface area contributed by atoms with E-state index in [4.69, 9.17) is 11.5 Å². The van der Waals surface area contributed by atoms with Crippen LogP contribution in [-0.4, -0.2) is 0 Å². The maximum atomic E-state index is 5.63. The minimum Gasteiger partial charge on any atom is -0.326 e. The number of hydrogen-bond donors (Lipinski definition) is 2. The zero-order chi connectivity index (χ0) is 11.4. The minimum absolute atomic E-state index is 0. The number of rotatable bonds is 3. The largest absolute Gasteiger partial charge is 0.326 e. The zero-order valence-electron chi connectivity index (χ0n) is 10.0. The summed E-state index contributed by atoms with van der Waals surface area (Å²) in [5.41, 5.74) is 15.9. The monoisotopic (exact) mass is 284 g/mol. The predicted molar refractivity (Wildman–Crippen MR) is 82.2 cm³/mol. The molecule has 4 N–H and O–H groups in total. The summed E-state index contributed by atoms with van der Waals surface area (Å²) in [4.78, 5) is 0. The first-order chi connectivity index (χ1) is 7.83. The topological polar surface area (TPSA) is 52.0 Å². The first kappa shape index (κ1) is 16.9. The van der Waals surface area contributed by atoms with Crippen LogP contribution in [0.25, 0.3) is 11.1 Å².